The first-order chi connectivity index (χ1) is 16.0. The fourth-order valence-corrected chi connectivity index (χ4v) is 5.04. The molecule has 2 N–H and O–H groups in total. The maximum Gasteiger partial charge on any atom is 0.232 e. The maximum atomic E-state index is 12.8. The molecule has 1 aliphatic rings. The first-order valence-electron chi connectivity index (χ1n) is 11.0. The van der Waals surface area contributed by atoms with Crippen LogP contribution in [-0.2, 0) is 22.4 Å². The zero-order chi connectivity index (χ0) is 22.9. The van der Waals surface area contributed by atoms with Gasteiger partial charge in [-0.25, -0.2) is 9.97 Å². The summed E-state index contributed by atoms with van der Waals surface area (Å²) < 4.78 is 0. The molecule has 4 aromatic rings. The van der Waals surface area contributed by atoms with Crippen LogP contribution < -0.4 is 10.2 Å². The van der Waals surface area contributed by atoms with Crippen molar-refractivity contribution < 1.29 is 9.59 Å². The average molecular weight is 463 g/mol. The predicted molar refractivity (Wildman–Crippen MR) is 131 cm³/mol. The number of carbonyl (C=O) groups excluding carboxylic acids is 2. The van der Waals surface area contributed by atoms with Crippen LogP contribution in [0.4, 0.5) is 5.95 Å². The van der Waals surface area contributed by atoms with Gasteiger partial charge in [0.25, 0.3) is 0 Å². The summed E-state index contributed by atoms with van der Waals surface area (Å²) in [6.07, 6.45) is 2.00. The van der Waals surface area contributed by atoms with Gasteiger partial charge in [-0.1, -0.05) is 18.2 Å². The predicted octanol–water partition coefficient (Wildman–Crippen LogP) is 2.66. The topological polar surface area (TPSA) is 94.2 Å². The Morgan fingerprint density at radius 2 is 1.85 bits per heavy atom. The van der Waals surface area contributed by atoms with Gasteiger partial charge in [0.05, 0.1) is 28.9 Å². The smallest absolute Gasteiger partial charge is 0.232 e. The zero-order valence-corrected chi connectivity index (χ0v) is 19.5. The number of piperazine rings is 1. The van der Waals surface area contributed by atoms with Gasteiger partial charge >= 0.3 is 0 Å². The van der Waals surface area contributed by atoms with Crippen LogP contribution >= 0.6 is 11.3 Å². The molecule has 9 heteroatoms. The lowest BCUT2D eigenvalue weighted by atomic mass is 10.1. The van der Waals surface area contributed by atoms with Crippen molar-refractivity contribution in [1.29, 1.82) is 0 Å². The van der Waals surface area contributed by atoms with E-state index in [-0.39, 0.29) is 24.7 Å². The van der Waals surface area contributed by atoms with E-state index in [1.54, 1.807) is 11.3 Å². The van der Waals surface area contributed by atoms with Gasteiger partial charge < -0.3 is 14.8 Å². The molecule has 2 amide bonds. The normalized spacial score (nSPS) is 14.8. The minimum Gasteiger partial charge on any atom is -0.353 e. The molecule has 0 spiro atoms. The number of anilines is 1. The SMILES string of the molecule is Cc1cccc2c(CC(=O)NC(=O)Cc3c[nH]c4sccc34)nc(N3CCN(C)CC3)nc12. The van der Waals surface area contributed by atoms with Crippen molar-refractivity contribution in [2.75, 3.05) is 38.1 Å². The van der Waals surface area contributed by atoms with Crippen molar-refractivity contribution in [2.24, 2.45) is 0 Å². The van der Waals surface area contributed by atoms with Crippen molar-refractivity contribution in [2.45, 2.75) is 19.8 Å². The number of rotatable bonds is 5. The van der Waals surface area contributed by atoms with Gasteiger partial charge in [-0.2, -0.15) is 0 Å². The number of aryl methyl sites for hydroxylation is 1. The summed E-state index contributed by atoms with van der Waals surface area (Å²) in [4.78, 5) is 43.6. The Hall–Kier alpha value is -3.30. The molecule has 0 atom stereocenters. The van der Waals surface area contributed by atoms with Gasteiger partial charge in [0.1, 0.15) is 0 Å². The third kappa shape index (κ3) is 4.46. The molecule has 4 heterocycles. The number of aromatic nitrogens is 3. The van der Waals surface area contributed by atoms with E-state index in [9.17, 15) is 9.59 Å². The fourth-order valence-electron chi connectivity index (χ4n) is 4.25. The number of thiophene rings is 1. The molecule has 1 aromatic carbocycles. The monoisotopic (exact) mass is 462 g/mol. The first kappa shape index (κ1) is 21.5. The largest absolute Gasteiger partial charge is 0.353 e. The number of nitrogens with zero attached hydrogens (tertiary/aromatic N) is 4. The Balaban J connectivity index is 1.35. The van der Waals surface area contributed by atoms with Gasteiger partial charge in [-0.15, -0.1) is 11.3 Å². The van der Waals surface area contributed by atoms with Gasteiger partial charge in [0.15, 0.2) is 0 Å². The molecule has 8 nitrogen and oxygen atoms in total. The van der Waals surface area contributed by atoms with Crippen LogP contribution in [0.2, 0.25) is 0 Å². The zero-order valence-electron chi connectivity index (χ0n) is 18.7. The summed E-state index contributed by atoms with van der Waals surface area (Å²) in [6.45, 7) is 5.57. The number of amides is 2. The van der Waals surface area contributed by atoms with Crippen LogP contribution in [-0.4, -0.2) is 64.9 Å². The van der Waals surface area contributed by atoms with Crippen LogP contribution in [0.25, 0.3) is 21.1 Å². The second-order valence-electron chi connectivity index (χ2n) is 8.53. The van der Waals surface area contributed by atoms with Crippen molar-refractivity contribution in [1.82, 2.24) is 25.2 Å². The van der Waals surface area contributed by atoms with E-state index in [4.69, 9.17) is 9.97 Å². The summed E-state index contributed by atoms with van der Waals surface area (Å²) in [5, 5.41) is 6.39. The highest BCUT2D eigenvalue weighted by molar-refractivity contribution is 7.16. The standard InChI is InChI=1S/C24H26N6O2S/c1-15-4-3-5-18-19(26-24(28-22(15)18)30-9-7-29(2)8-10-30)13-21(32)27-20(31)12-16-14-25-23-17(16)6-11-33-23/h3-6,11,14,25H,7-10,12-13H2,1-2H3,(H,27,31,32). The third-order valence-electron chi connectivity index (χ3n) is 6.13. The number of aromatic amines is 1. The van der Waals surface area contributed by atoms with Gasteiger partial charge in [0.2, 0.25) is 17.8 Å². The molecular formula is C24H26N6O2S. The lowest BCUT2D eigenvalue weighted by Crippen LogP contribution is -2.45. The average Bonchev–Trinajstić information content (AvgIpc) is 3.40. The molecule has 3 aromatic heterocycles. The van der Waals surface area contributed by atoms with Crippen molar-refractivity contribution in [3.63, 3.8) is 0 Å². The minimum absolute atomic E-state index is 0.0238. The quantitative estimate of drug-likeness (QED) is 0.474. The van der Waals surface area contributed by atoms with Gasteiger partial charge in [-0.05, 0) is 36.5 Å². The maximum absolute atomic E-state index is 12.8. The highest BCUT2D eigenvalue weighted by Crippen LogP contribution is 2.25. The highest BCUT2D eigenvalue weighted by Gasteiger charge is 2.21. The van der Waals surface area contributed by atoms with E-state index in [0.717, 1.165) is 58.4 Å². The molecule has 1 fully saturated rings. The number of para-hydroxylation sites is 1. The molecule has 1 saturated heterocycles. The lowest BCUT2D eigenvalue weighted by molar-refractivity contribution is -0.129. The fraction of sp³-hybridized carbons (Fsp3) is 0.333. The number of hydrogen-bond acceptors (Lipinski definition) is 7. The summed E-state index contributed by atoms with van der Waals surface area (Å²) >= 11 is 1.59. The van der Waals surface area contributed by atoms with Crippen LogP contribution in [0.5, 0.6) is 0 Å². The van der Waals surface area contributed by atoms with Crippen LogP contribution in [0, 0.1) is 6.92 Å². The molecule has 0 radical (unpaired) electrons. The van der Waals surface area contributed by atoms with E-state index in [0.29, 0.717) is 11.6 Å². The molecule has 33 heavy (non-hydrogen) atoms. The van der Waals surface area contributed by atoms with E-state index in [2.05, 4.69) is 27.1 Å². The Morgan fingerprint density at radius 1 is 1.06 bits per heavy atom. The summed E-state index contributed by atoms with van der Waals surface area (Å²) in [5.41, 5.74) is 3.42. The molecule has 0 aliphatic carbocycles. The molecule has 0 saturated carbocycles. The molecule has 170 valence electrons. The number of fused-ring (bicyclic) bond motifs is 2. The Kier molecular flexibility index (Phi) is 5.82. The number of carbonyl (C=O) groups is 2. The number of imide groups is 1. The lowest BCUT2D eigenvalue weighted by Gasteiger charge is -2.32. The van der Waals surface area contributed by atoms with Crippen molar-refractivity contribution >= 4 is 50.2 Å². The summed E-state index contributed by atoms with van der Waals surface area (Å²) in [5.74, 6) is -0.0323. The summed E-state index contributed by atoms with van der Waals surface area (Å²) in [7, 11) is 2.10. The minimum atomic E-state index is -0.358. The summed E-state index contributed by atoms with van der Waals surface area (Å²) in [6, 6.07) is 7.88. The Morgan fingerprint density at radius 3 is 2.67 bits per heavy atom. The molecule has 1 aliphatic heterocycles. The van der Waals surface area contributed by atoms with Gasteiger partial charge in [-0.3, -0.25) is 14.9 Å². The second-order valence-corrected chi connectivity index (χ2v) is 9.45. The molecule has 0 unspecified atom stereocenters. The van der Waals surface area contributed by atoms with Crippen LogP contribution in [0.1, 0.15) is 16.8 Å². The second kappa shape index (κ2) is 8.92. The molecular weight excluding hydrogens is 436 g/mol. The van der Waals surface area contributed by atoms with Gasteiger partial charge in [0, 0.05) is 43.1 Å². The number of likely N-dealkylation sites (N-methyl/N-ethyl adjacent to an activating group) is 1. The molecule has 0 bridgehead atoms. The Labute approximate surface area is 195 Å². The Bertz CT molecular complexity index is 1340. The van der Waals surface area contributed by atoms with Crippen LogP contribution in [0.3, 0.4) is 0 Å². The number of H-pyrrole nitrogens is 1. The third-order valence-corrected chi connectivity index (χ3v) is 6.97. The van der Waals surface area contributed by atoms with E-state index in [1.807, 2.05) is 42.8 Å². The number of hydrogen-bond donors (Lipinski definition) is 2. The number of benzene rings is 1. The van der Waals surface area contributed by atoms with E-state index >= 15 is 0 Å². The highest BCUT2D eigenvalue weighted by atomic mass is 32.1. The first-order valence-corrected chi connectivity index (χ1v) is 11.9. The molecule has 5 rings (SSSR count). The van der Waals surface area contributed by atoms with E-state index < -0.39 is 0 Å². The van der Waals surface area contributed by atoms with E-state index in [1.165, 1.54) is 0 Å². The van der Waals surface area contributed by atoms with Crippen LogP contribution in [0.15, 0.2) is 35.8 Å². The number of nitrogens with one attached hydrogen (secondary N) is 2. The van der Waals surface area contributed by atoms with Crippen molar-refractivity contribution in [3.05, 3.63) is 52.7 Å². The van der Waals surface area contributed by atoms with Crippen molar-refractivity contribution in [3.8, 4) is 0 Å².